The van der Waals surface area contributed by atoms with E-state index >= 15 is 0 Å². The van der Waals surface area contributed by atoms with E-state index in [1.807, 2.05) is 0 Å². The number of thioether (sulfide) groups is 1. The molecule has 106 valence electrons. The zero-order chi connectivity index (χ0) is 14.3. The summed E-state index contributed by atoms with van der Waals surface area (Å²) in [6.45, 7) is 0.581. The molecule has 1 amide bonds. The molecule has 0 atom stereocenters. The lowest BCUT2D eigenvalue weighted by atomic mass is 10.3. The molecule has 0 saturated heterocycles. The number of halogens is 2. The number of benzene rings is 1. The molecule has 0 aliphatic carbocycles. The fourth-order valence-corrected chi connectivity index (χ4v) is 2.51. The van der Waals surface area contributed by atoms with E-state index in [1.54, 1.807) is 37.2 Å². The van der Waals surface area contributed by atoms with E-state index < -0.39 is 0 Å². The van der Waals surface area contributed by atoms with Crippen molar-refractivity contribution in [3.8, 4) is 5.75 Å². The predicted octanol–water partition coefficient (Wildman–Crippen LogP) is 4.57. The third kappa shape index (κ3) is 6.41. The van der Waals surface area contributed by atoms with Crippen LogP contribution in [0.25, 0.3) is 0 Å². The van der Waals surface area contributed by atoms with Gasteiger partial charge < -0.3 is 9.64 Å². The Morgan fingerprint density at radius 2 is 2.05 bits per heavy atom. The van der Waals surface area contributed by atoms with Gasteiger partial charge in [-0.05, 0) is 31.0 Å². The highest BCUT2D eigenvalue weighted by molar-refractivity contribution is 8.13. The molecule has 1 aromatic rings. The van der Waals surface area contributed by atoms with Gasteiger partial charge in [0.25, 0.3) is 5.24 Å². The minimum Gasteiger partial charge on any atom is -0.492 e. The summed E-state index contributed by atoms with van der Waals surface area (Å²) in [5.74, 6) is 1.44. The molecule has 19 heavy (non-hydrogen) atoms. The number of ether oxygens (including phenoxy) is 1. The van der Waals surface area contributed by atoms with E-state index in [4.69, 9.17) is 27.9 Å². The van der Waals surface area contributed by atoms with E-state index in [-0.39, 0.29) is 5.24 Å². The Bertz CT molecular complexity index is 427. The Kier molecular flexibility index (Phi) is 7.42. The van der Waals surface area contributed by atoms with E-state index in [1.165, 1.54) is 11.8 Å². The first-order valence-corrected chi connectivity index (χ1v) is 7.67. The van der Waals surface area contributed by atoms with Crippen LogP contribution in [0.2, 0.25) is 10.0 Å². The highest BCUT2D eigenvalue weighted by Gasteiger charge is 2.04. The van der Waals surface area contributed by atoms with Crippen molar-refractivity contribution in [2.45, 2.75) is 12.8 Å². The topological polar surface area (TPSA) is 29.5 Å². The van der Waals surface area contributed by atoms with E-state index in [0.29, 0.717) is 22.4 Å². The Morgan fingerprint density at radius 1 is 1.32 bits per heavy atom. The lowest BCUT2D eigenvalue weighted by molar-refractivity contribution is 0.241. The molecule has 0 unspecified atom stereocenters. The number of amides is 1. The molecule has 0 aromatic heterocycles. The molecule has 0 radical (unpaired) electrons. The van der Waals surface area contributed by atoms with Crippen LogP contribution < -0.4 is 4.74 Å². The van der Waals surface area contributed by atoms with Gasteiger partial charge in [-0.25, -0.2) is 0 Å². The van der Waals surface area contributed by atoms with Gasteiger partial charge in [0.05, 0.1) is 11.6 Å². The number of hydrogen-bond acceptors (Lipinski definition) is 3. The molecule has 0 bridgehead atoms. The summed E-state index contributed by atoms with van der Waals surface area (Å²) in [5.41, 5.74) is 0. The van der Waals surface area contributed by atoms with Gasteiger partial charge in [0.1, 0.15) is 5.75 Å². The highest BCUT2D eigenvalue weighted by Crippen LogP contribution is 2.27. The molecule has 0 heterocycles. The highest BCUT2D eigenvalue weighted by atomic mass is 35.5. The lowest BCUT2D eigenvalue weighted by Crippen LogP contribution is -2.16. The first kappa shape index (κ1) is 16.5. The maximum atomic E-state index is 11.3. The van der Waals surface area contributed by atoms with Gasteiger partial charge in [0, 0.05) is 24.9 Å². The number of rotatable bonds is 6. The van der Waals surface area contributed by atoms with E-state index in [2.05, 4.69) is 0 Å². The van der Waals surface area contributed by atoms with Crippen LogP contribution in [-0.2, 0) is 0 Å². The van der Waals surface area contributed by atoms with Crippen LogP contribution in [0.1, 0.15) is 12.8 Å². The smallest absolute Gasteiger partial charge is 0.281 e. The van der Waals surface area contributed by atoms with Gasteiger partial charge in [0.2, 0.25) is 0 Å². The average Bonchev–Trinajstić information content (AvgIpc) is 2.35. The molecule has 0 spiro atoms. The van der Waals surface area contributed by atoms with Gasteiger partial charge in [-0.1, -0.05) is 35.0 Å². The first-order chi connectivity index (χ1) is 9.00. The van der Waals surface area contributed by atoms with Gasteiger partial charge in [-0.2, -0.15) is 0 Å². The molecule has 0 aliphatic heterocycles. The molecular weight excluding hydrogens is 305 g/mol. The Morgan fingerprint density at radius 3 is 2.68 bits per heavy atom. The van der Waals surface area contributed by atoms with Crippen molar-refractivity contribution in [3.05, 3.63) is 28.2 Å². The summed E-state index contributed by atoms with van der Waals surface area (Å²) in [5, 5.41) is 1.20. The second kappa shape index (κ2) is 8.56. The van der Waals surface area contributed by atoms with Crippen molar-refractivity contribution in [1.29, 1.82) is 0 Å². The van der Waals surface area contributed by atoms with E-state index in [0.717, 1.165) is 18.6 Å². The standard InChI is InChI=1S/C13H17Cl2NO2S/c1-16(2)13(17)19-8-4-3-7-18-12-6-5-10(14)9-11(12)15/h5-6,9H,3-4,7-8H2,1-2H3. The zero-order valence-electron chi connectivity index (χ0n) is 11.0. The molecule has 0 aliphatic rings. The predicted molar refractivity (Wildman–Crippen MR) is 82.7 cm³/mol. The first-order valence-electron chi connectivity index (χ1n) is 5.92. The molecule has 0 saturated carbocycles. The van der Waals surface area contributed by atoms with Crippen LogP contribution >= 0.6 is 35.0 Å². The summed E-state index contributed by atoms with van der Waals surface area (Å²) in [7, 11) is 3.50. The molecule has 0 N–H and O–H groups in total. The maximum absolute atomic E-state index is 11.3. The second-order valence-electron chi connectivity index (χ2n) is 4.14. The number of carbonyl (C=O) groups is 1. The second-order valence-corrected chi connectivity index (χ2v) is 6.03. The van der Waals surface area contributed by atoms with E-state index in [9.17, 15) is 4.79 Å². The molecule has 0 fully saturated rings. The summed E-state index contributed by atoms with van der Waals surface area (Å²) in [4.78, 5) is 12.9. The van der Waals surface area contributed by atoms with Gasteiger partial charge in [-0.3, -0.25) is 4.79 Å². The summed E-state index contributed by atoms with van der Waals surface area (Å²) >= 11 is 13.1. The Hall–Kier alpha value is -0.580. The summed E-state index contributed by atoms with van der Waals surface area (Å²) in [6.07, 6.45) is 1.81. The van der Waals surface area contributed by atoms with Crippen molar-refractivity contribution in [2.75, 3.05) is 26.5 Å². The van der Waals surface area contributed by atoms with Crippen molar-refractivity contribution in [2.24, 2.45) is 0 Å². The zero-order valence-corrected chi connectivity index (χ0v) is 13.3. The van der Waals surface area contributed by atoms with Crippen LogP contribution in [0, 0.1) is 0 Å². The molecule has 6 heteroatoms. The van der Waals surface area contributed by atoms with Gasteiger partial charge >= 0.3 is 0 Å². The van der Waals surface area contributed by atoms with Crippen LogP contribution in [-0.4, -0.2) is 36.6 Å². The third-order valence-electron chi connectivity index (χ3n) is 2.28. The molecule has 1 aromatic carbocycles. The largest absolute Gasteiger partial charge is 0.492 e. The van der Waals surface area contributed by atoms with Crippen molar-refractivity contribution < 1.29 is 9.53 Å². The van der Waals surface area contributed by atoms with Gasteiger partial charge in [0.15, 0.2) is 0 Å². The SMILES string of the molecule is CN(C)C(=O)SCCCCOc1ccc(Cl)cc1Cl. The third-order valence-corrected chi connectivity index (χ3v) is 3.92. The lowest BCUT2D eigenvalue weighted by Gasteiger charge is -2.10. The fourth-order valence-electron chi connectivity index (χ4n) is 1.27. The minimum atomic E-state index is 0.0849. The monoisotopic (exact) mass is 321 g/mol. The van der Waals surface area contributed by atoms with Crippen LogP contribution in [0.3, 0.4) is 0 Å². The van der Waals surface area contributed by atoms with Crippen molar-refractivity contribution >= 4 is 40.2 Å². The Labute approximate surface area is 128 Å². The number of carbonyl (C=O) groups excluding carboxylic acids is 1. The van der Waals surface area contributed by atoms with Gasteiger partial charge in [-0.15, -0.1) is 0 Å². The quantitative estimate of drug-likeness (QED) is 0.719. The maximum Gasteiger partial charge on any atom is 0.281 e. The van der Waals surface area contributed by atoms with Crippen molar-refractivity contribution in [3.63, 3.8) is 0 Å². The number of hydrogen-bond donors (Lipinski definition) is 0. The minimum absolute atomic E-state index is 0.0849. The summed E-state index contributed by atoms with van der Waals surface area (Å²) < 4.78 is 5.55. The average molecular weight is 322 g/mol. The van der Waals surface area contributed by atoms with Crippen LogP contribution in [0.4, 0.5) is 4.79 Å². The fraction of sp³-hybridized carbons (Fsp3) is 0.462. The Balaban J connectivity index is 2.16. The van der Waals surface area contributed by atoms with Crippen LogP contribution in [0.15, 0.2) is 18.2 Å². The summed E-state index contributed by atoms with van der Waals surface area (Å²) in [6, 6.07) is 5.16. The molecular formula is C13H17Cl2NO2S. The number of nitrogens with zero attached hydrogens (tertiary/aromatic N) is 1. The molecule has 1 rings (SSSR count). The van der Waals surface area contributed by atoms with Crippen LogP contribution in [0.5, 0.6) is 5.75 Å². The number of unbranched alkanes of at least 4 members (excludes halogenated alkanes) is 1. The van der Waals surface area contributed by atoms with Crippen molar-refractivity contribution in [1.82, 2.24) is 4.90 Å². The normalized spacial score (nSPS) is 10.3. The molecule has 3 nitrogen and oxygen atoms in total.